The zero-order valence-corrected chi connectivity index (χ0v) is 11.7. The van der Waals surface area contributed by atoms with Crippen LogP contribution in [0.1, 0.15) is 19.8 Å². The van der Waals surface area contributed by atoms with E-state index in [1.165, 1.54) is 0 Å². The molecule has 0 unspecified atom stereocenters. The number of unbranched alkanes of at least 4 members (excludes halogenated alkanes) is 1. The lowest BCUT2D eigenvalue weighted by atomic mass is 10.3. The van der Waals surface area contributed by atoms with Gasteiger partial charge in [0.2, 0.25) is 5.91 Å². The first-order valence-corrected chi connectivity index (χ1v) is 7.15. The average molecular weight is 302 g/mol. The zero-order chi connectivity index (χ0) is 11.8. The highest BCUT2D eigenvalue weighted by Crippen LogP contribution is 2.20. The second-order valence-corrected chi connectivity index (χ2v) is 5.41. The predicted molar refractivity (Wildman–Crippen MR) is 72.8 cm³/mol. The largest absolute Gasteiger partial charge is 0.355 e. The van der Waals surface area contributed by atoms with Crippen LogP contribution in [0.5, 0.6) is 0 Å². The first-order valence-electron chi connectivity index (χ1n) is 5.37. The van der Waals surface area contributed by atoms with E-state index >= 15 is 0 Å². The number of rotatable bonds is 6. The van der Waals surface area contributed by atoms with E-state index in [-0.39, 0.29) is 5.91 Å². The van der Waals surface area contributed by atoms with Crippen LogP contribution >= 0.6 is 27.7 Å². The Morgan fingerprint density at radius 3 is 2.69 bits per heavy atom. The Bertz CT molecular complexity index is 326. The fraction of sp³-hybridized carbons (Fsp3) is 0.417. The molecule has 4 heteroatoms. The smallest absolute Gasteiger partial charge is 0.230 e. The van der Waals surface area contributed by atoms with Gasteiger partial charge in [-0.25, -0.2) is 0 Å². The third kappa shape index (κ3) is 5.56. The fourth-order valence-corrected chi connectivity index (χ4v) is 2.13. The molecule has 1 aromatic rings. The summed E-state index contributed by atoms with van der Waals surface area (Å²) in [5, 5.41) is 2.90. The van der Waals surface area contributed by atoms with Crippen molar-refractivity contribution in [3.8, 4) is 0 Å². The number of carbonyl (C=O) groups excluding carboxylic acids is 1. The number of amides is 1. The molecule has 1 aromatic carbocycles. The molecule has 0 fully saturated rings. The van der Waals surface area contributed by atoms with E-state index in [9.17, 15) is 4.79 Å². The summed E-state index contributed by atoms with van der Waals surface area (Å²) in [7, 11) is 0. The van der Waals surface area contributed by atoms with Crippen LogP contribution in [-0.4, -0.2) is 18.2 Å². The molecule has 2 nitrogen and oxygen atoms in total. The lowest BCUT2D eigenvalue weighted by Gasteiger charge is -2.04. The van der Waals surface area contributed by atoms with Crippen molar-refractivity contribution in [1.29, 1.82) is 0 Å². The SMILES string of the molecule is CCCCNC(=O)CSc1ccc(Br)cc1. The highest BCUT2D eigenvalue weighted by atomic mass is 79.9. The molecule has 0 spiro atoms. The van der Waals surface area contributed by atoms with E-state index in [1.807, 2.05) is 24.3 Å². The van der Waals surface area contributed by atoms with E-state index in [0.717, 1.165) is 28.8 Å². The first-order chi connectivity index (χ1) is 7.72. The number of halogens is 1. The van der Waals surface area contributed by atoms with Crippen molar-refractivity contribution in [2.24, 2.45) is 0 Å². The lowest BCUT2D eigenvalue weighted by molar-refractivity contribution is -0.118. The Morgan fingerprint density at radius 2 is 2.06 bits per heavy atom. The molecule has 0 saturated heterocycles. The van der Waals surface area contributed by atoms with Crippen LogP contribution < -0.4 is 5.32 Å². The Morgan fingerprint density at radius 1 is 1.38 bits per heavy atom. The summed E-state index contributed by atoms with van der Waals surface area (Å²) < 4.78 is 1.06. The number of thioether (sulfide) groups is 1. The summed E-state index contributed by atoms with van der Waals surface area (Å²) in [5.41, 5.74) is 0. The van der Waals surface area contributed by atoms with E-state index in [1.54, 1.807) is 11.8 Å². The predicted octanol–water partition coefficient (Wildman–Crippen LogP) is 3.46. The molecule has 0 saturated carbocycles. The Kier molecular flexibility index (Phi) is 6.57. The molecule has 0 aliphatic heterocycles. The minimum absolute atomic E-state index is 0.112. The van der Waals surface area contributed by atoms with Crippen LogP contribution in [-0.2, 0) is 4.79 Å². The molecule has 16 heavy (non-hydrogen) atoms. The van der Waals surface area contributed by atoms with E-state index < -0.39 is 0 Å². The van der Waals surface area contributed by atoms with Crippen molar-refractivity contribution in [1.82, 2.24) is 5.32 Å². The van der Waals surface area contributed by atoms with Gasteiger partial charge in [0.05, 0.1) is 5.75 Å². The number of benzene rings is 1. The highest BCUT2D eigenvalue weighted by molar-refractivity contribution is 9.10. The minimum Gasteiger partial charge on any atom is -0.355 e. The van der Waals surface area contributed by atoms with Gasteiger partial charge in [-0.2, -0.15) is 0 Å². The van der Waals surface area contributed by atoms with Gasteiger partial charge in [0.15, 0.2) is 0 Å². The Hall–Kier alpha value is -0.480. The molecule has 1 N–H and O–H groups in total. The standard InChI is InChI=1S/C12H16BrNOS/c1-2-3-8-14-12(15)9-16-11-6-4-10(13)5-7-11/h4-7H,2-3,8-9H2,1H3,(H,14,15). The van der Waals surface area contributed by atoms with Crippen LogP contribution in [0.4, 0.5) is 0 Å². The summed E-state index contributed by atoms with van der Waals surface area (Å²) in [6.07, 6.45) is 2.16. The third-order valence-electron chi connectivity index (χ3n) is 2.04. The molecule has 0 aliphatic carbocycles. The maximum atomic E-state index is 11.4. The van der Waals surface area contributed by atoms with E-state index in [2.05, 4.69) is 28.2 Å². The van der Waals surface area contributed by atoms with Crippen molar-refractivity contribution in [3.63, 3.8) is 0 Å². The van der Waals surface area contributed by atoms with Gasteiger partial charge in [-0.05, 0) is 30.7 Å². The summed E-state index contributed by atoms with van der Waals surface area (Å²) >= 11 is 4.94. The lowest BCUT2D eigenvalue weighted by Crippen LogP contribution is -2.25. The third-order valence-corrected chi connectivity index (χ3v) is 3.58. The number of hydrogen-bond donors (Lipinski definition) is 1. The van der Waals surface area contributed by atoms with Crippen LogP contribution in [0.15, 0.2) is 33.6 Å². The highest BCUT2D eigenvalue weighted by Gasteiger charge is 2.01. The molecular formula is C12H16BrNOS. The maximum absolute atomic E-state index is 11.4. The quantitative estimate of drug-likeness (QED) is 0.644. The van der Waals surface area contributed by atoms with E-state index in [4.69, 9.17) is 0 Å². The molecule has 1 rings (SSSR count). The Labute approximate surface area is 109 Å². The molecule has 0 bridgehead atoms. The normalized spacial score (nSPS) is 10.1. The summed E-state index contributed by atoms with van der Waals surface area (Å²) in [6, 6.07) is 7.98. The van der Waals surface area contributed by atoms with Gasteiger partial charge in [-0.1, -0.05) is 29.3 Å². The van der Waals surface area contributed by atoms with Crippen molar-refractivity contribution in [3.05, 3.63) is 28.7 Å². The second-order valence-electron chi connectivity index (χ2n) is 3.45. The van der Waals surface area contributed by atoms with Gasteiger partial charge in [0.25, 0.3) is 0 Å². The molecule has 0 radical (unpaired) electrons. The van der Waals surface area contributed by atoms with Crippen LogP contribution in [0, 0.1) is 0 Å². The molecular weight excluding hydrogens is 286 g/mol. The van der Waals surface area contributed by atoms with Gasteiger partial charge in [0.1, 0.15) is 0 Å². The maximum Gasteiger partial charge on any atom is 0.230 e. The van der Waals surface area contributed by atoms with Crippen molar-refractivity contribution < 1.29 is 4.79 Å². The first kappa shape index (κ1) is 13.6. The van der Waals surface area contributed by atoms with Gasteiger partial charge in [0, 0.05) is 15.9 Å². The molecule has 0 atom stereocenters. The average Bonchev–Trinajstić information content (AvgIpc) is 2.29. The zero-order valence-electron chi connectivity index (χ0n) is 9.33. The van der Waals surface area contributed by atoms with Crippen molar-refractivity contribution in [2.45, 2.75) is 24.7 Å². The minimum atomic E-state index is 0.112. The molecule has 0 aliphatic rings. The molecule has 88 valence electrons. The van der Waals surface area contributed by atoms with Crippen LogP contribution in [0.25, 0.3) is 0 Å². The molecule has 0 aromatic heterocycles. The fourth-order valence-electron chi connectivity index (χ4n) is 1.14. The number of hydrogen-bond acceptors (Lipinski definition) is 2. The Balaban J connectivity index is 2.23. The van der Waals surface area contributed by atoms with Crippen LogP contribution in [0.3, 0.4) is 0 Å². The van der Waals surface area contributed by atoms with Gasteiger partial charge < -0.3 is 5.32 Å². The van der Waals surface area contributed by atoms with Crippen LogP contribution in [0.2, 0.25) is 0 Å². The summed E-state index contributed by atoms with van der Waals surface area (Å²) in [6.45, 7) is 2.90. The number of nitrogens with one attached hydrogen (secondary N) is 1. The number of carbonyl (C=O) groups is 1. The van der Waals surface area contributed by atoms with Gasteiger partial charge >= 0.3 is 0 Å². The summed E-state index contributed by atoms with van der Waals surface area (Å²) in [5.74, 6) is 0.604. The van der Waals surface area contributed by atoms with Crippen molar-refractivity contribution >= 4 is 33.6 Å². The van der Waals surface area contributed by atoms with Gasteiger partial charge in [-0.3, -0.25) is 4.79 Å². The summed E-state index contributed by atoms with van der Waals surface area (Å²) in [4.78, 5) is 12.5. The topological polar surface area (TPSA) is 29.1 Å². The molecule has 1 amide bonds. The second kappa shape index (κ2) is 7.74. The monoisotopic (exact) mass is 301 g/mol. The molecule has 0 heterocycles. The van der Waals surface area contributed by atoms with Crippen molar-refractivity contribution in [2.75, 3.05) is 12.3 Å². The van der Waals surface area contributed by atoms with Gasteiger partial charge in [-0.15, -0.1) is 11.8 Å². The van der Waals surface area contributed by atoms with E-state index in [0.29, 0.717) is 5.75 Å².